The predicted octanol–water partition coefficient (Wildman–Crippen LogP) is 2.51. The van der Waals surface area contributed by atoms with E-state index in [1.54, 1.807) is 24.3 Å². The van der Waals surface area contributed by atoms with Crippen LogP contribution in [0.3, 0.4) is 0 Å². The molecule has 2 aliphatic rings. The fourth-order valence-electron chi connectivity index (χ4n) is 3.31. The highest BCUT2D eigenvalue weighted by molar-refractivity contribution is 5.87. The Balaban J connectivity index is 1.47. The van der Waals surface area contributed by atoms with Crippen molar-refractivity contribution < 1.29 is 19.4 Å². The van der Waals surface area contributed by atoms with Crippen molar-refractivity contribution >= 4 is 5.97 Å². The Hall–Kier alpha value is -1.59. The second kappa shape index (κ2) is 7.79. The van der Waals surface area contributed by atoms with Crippen molar-refractivity contribution in [3.05, 3.63) is 29.8 Å². The molecule has 1 atom stereocenters. The first-order chi connectivity index (χ1) is 11.2. The number of nitrogens with zero attached hydrogens (tertiary/aromatic N) is 1. The van der Waals surface area contributed by atoms with Crippen LogP contribution < -0.4 is 4.74 Å². The summed E-state index contributed by atoms with van der Waals surface area (Å²) in [7, 11) is 0. The largest absolute Gasteiger partial charge is 0.492 e. The molecule has 2 fully saturated rings. The summed E-state index contributed by atoms with van der Waals surface area (Å²) in [5.41, 5.74) is 0.260. The molecule has 23 heavy (non-hydrogen) atoms. The monoisotopic (exact) mass is 319 g/mol. The second-order valence-corrected chi connectivity index (χ2v) is 6.51. The van der Waals surface area contributed by atoms with Gasteiger partial charge in [0.25, 0.3) is 0 Å². The molecule has 1 aliphatic heterocycles. The van der Waals surface area contributed by atoms with Gasteiger partial charge in [0.1, 0.15) is 12.4 Å². The van der Waals surface area contributed by atoms with Gasteiger partial charge in [0.15, 0.2) is 0 Å². The summed E-state index contributed by atoms with van der Waals surface area (Å²) >= 11 is 0. The second-order valence-electron chi connectivity index (χ2n) is 6.51. The van der Waals surface area contributed by atoms with E-state index in [1.807, 2.05) is 0 Å². The molecule has 1 aromatic rings. The molecule has 5 heteroatoms. The van der Waals surface area contributed by atoms with Gasteiger partial charge in [-0.2, -0.15) is 0 Å². The average molecular weight is 319 g/mol. The molecule has 1 N–H and O–H groups in total. The van der Waals surface area contributed by atoms with Crippen LogP contribution in [0.1, 0.15) is 29.6 Å². The summed E-state index contributed by atoms with van der Waals surface area (Å²) in [6, 6.07) is 6.66. The van der Waals surface area contributed by atoms with Crippen LogP contribution in [-0.2, 0) is 4.74 Å². The van der Waals surface area contributed by atoms with Gasteiger partial charge in [0.2, 0.25) is 0 Å². The lowest BCUT2D eigenvalue weighted by Crippen LogP contribution is -2.37. The van der Waals surface area contributed by atoms with E-state index in [2.05, 4.69) is 4.90 Å². The van der Waals surface area contributed by atoms with Crippen LogP contribution in [0.15, 0.2) is 24.3 Å². The Labute approximate surface area is 137 Å². The van der Waals surface area contributed by atoms with E-state index in [0.29, 0.717) is 18.3 Å². The highest BCUT2D eigenvalue weighted by Gasteiger charge is 2.30. The van der Waals surface area contributed by atoms with Gasteiger partial charge in [0, 0.05) is 19.6 Å². The van der Waals surface area contributed by atoms with Gasteiger partial charge in [-0.05, 0) is 30.0 Å². The fourth-order valence-corrected chi connectivity index (χ4v) is 3.31. The van der Waals surface area contributed by atoms with Crippen LogP contribution in [0.4, 0.5) is 0 Å². The van der Waals surface area contributed by atoms with E-state index in [1.165, 1.54) is 19.3 Å². The summed E-state index contributed by atoms with van der Waals surface area (Å²) in [4.78, 5) is 13.4. The lowest BCUT2D eigenvalue weighted by Gasteiger charge is -2.34. The fraction of sp³-hybridized carbons (Fsp3) is 0.611. The van der Waals surface area contributed by atoms with Gasteiger partial charge in [0.05, 0.1) is 18.8 Å². The van der Waals surface area contributed by atoms with E-state index in [0.717, 1.165) is 38.8 Å². The van der Waals surface area contributed by atoms with Gasteiger partial charge in [-0.3, -0.25) is 4.90 Å². The zero-order valence-corrected chi connectivity index (χ0v) is 13.4. The van der Waals surface area contributed by atoms with Crippen LogP contribution >= 0.6 is 0 Å². The summed E-state index contributed by atoms with van der Waals surface area (Å²) in [6.07, 6.45) is 4.06. The molecule has 0 amide bonds. The summed E-state index contributed by atoms with van der Waals surface area (Å²) in [5, 5.41) is 9.00. The van der Waals surface area contributed by atoms with Crippen molar-refractivity contribution in [1.82, 2.24) is 4.90 Å². The van der Waals surface area contributed by atoms with Gasteiger partial charge < -0.3 is 14.6 Å². The molecule has 1 saturated heterocycles. The molecule has 0 aromatic heterocycles. The first-order valence-corrected chi connectivity index (χ1v) is 8.48. The average Bonchev–Trinajstić information content (AvgIpc) is 2.71. The minimum absolute atomic E-state index is 0.260. The van der Waals surface area contributed by atoms with Crippen LogP contribution in [-0.4, -0.2) is 55.4 Å². The van der Waals surface area contributed by atoms with Crippen LogP contribution in [0.5, 0.6) is 5.75 Å². The quantitative estimate of drug-likeness (QED) is 0.873. The van der Waals surface area contributed by atoms with Gasteiger partial charge >= 0.3 is 5.97 Å². The first kappa shape index (κ1) is 16.3. The Kier molecular flexibility index (Phi) is 5.51. The molecule has 1 heterocycles. The minimum atomic E-state index is -0.927. The smallest absolute Gasteiger partial charge is 0.335 e. The molecule has 126 valence electrons. The molecule has 0 bridgehead atoms. The summed E-state index contributed by atoms with van der Waals surface area (Å²) in [6.45, 7) is 5.13. The third-order valence-corrected chi connectivity index (χ3v) is 4.95. The summed E-state index contributed by atoms with van der Waals surface area (Å²) < 4.78 is 11.5. The van der Waals surface area contributed by atoms with Crippen molar-refractivity contribution in [1.29, 1.82) is 0 Å². The van der Waals surface area contributed by atoms with E-state index in [-0.39, 0.29) is 5.56 Å². The maximum Gasteiger partial charge on any atom is 0.335 e. The van der Waals surface area contributed by atoms with Gasteiger partial charge in [-0.15, -0.1) is 0 Å². The molecule has 3 rings (SSSR count). The highest BCUT2D eigenvalue weighted by atomic mass is 16.5. The van der Waals surface area contributed by atoms with Crippen LogP contribution in [0, 0.1) is 11.8 Å². The van der Waals surface area contributed by atoms with E-state index in [9.17, 15) is 4.79 Å². The number of hydrogen-bond acceptors (Lipinski definition) is 4. The molecule has 1 unspecified atom stereocenters. The lowest BCUT2D eigenvalue weighted by molar-refractivity contribution is 0.0696. The maximum atomic E-state index is 11.0. The third kappa shape index (κ3) is 4.45. The minimum Gasteiger partial charge on any atom is -0.492 e. The number of benzene rings is 1. The van der Waals surface area contributed by atoms with Crippen LogP contribution in [0.25, 0.3) is 0 Å². The van der Waals surface area contributed by atoms with Crippen molar-refractivity contribution in [2.45, 2.75) is 19.3 Å². The van der Waals surface area contributed by atoms with E-state index >= 15 is 0 Å². The number of carboxylic acid groups (broad SMARTS) is 1. The standard InChI is InChI=1S/C18H25NO4/c20-18(21)15-5-2-6-17(11-15)23-10-8-19-7-9-22-13-16(12-19)14-3-1-4-14/h2,5-6,11,14,16H,1,3-4,7-10,12-13H2,(H,20,21). The normalized spacial score (nSPS) is 23.0. The number of carbonyl (C=O) groups is 1. The number of ether oxygens (including phenoxy) is 2. The van der Waals surface area contributed by atoms with Gasteiger partial charge in [-0.1, -0.05) is 25.3 Å². The zero-order valence-electron chi connectivity index (χ0n) is 13.4. The zero-order chi connectivity index (χ0) is 16.1. The molecule has 0 radical (unpaired) electrons. The highest BCUT2D eigenvalue weighted by Crippen LogP contribution is 2.34. The SMILES string of the molecule is O=C(O)c1cccc(OCCN2CCOCC(C3CCC3)C2)c1. The number of rotatable bonds is 6. The van der Waals surface area contributed by atoms with Crippen molar-refractivity contribution in [2.75, 3.05) is 39.5 Å². The molecule has 1 saturated carbocycles. The van der Waals surface area contributed by atoms with Crippen molar-refractivity contribution in [2.24, 2.45) is 11.8 Å². The van der Waals surface area contributed by atoms with E-state index < -0.39 is 5.97 Å². The molecule has 5 nitrogen and oxygen atoms in total. The Morgan fingerprint density at radius 2 is 2.22 bits per heavy atom. The third-order valence-electron chi connectivity index (χ3n) is 4.95. The van der Waals surface area contributed by atoms with E-state index in [4.69, 9.17) is 14.6 Å². The first-order valence-electron chi connectivity index (χ1n) is 8.48. The molecule has 0 spiro atoms. The predicted molar refractivity (Wildman–Crippen MR) is 87.0 cm³/mol. The topological polar surface area (TPSA) is 59.0 Å². The van der Waals surface area contributed by atoms with Crippen LogP contribution in [0.2, 0.25) is 0 Å². The number of hydrogen-bond donors (Lipinski definition) is 1. The maximum absolute atomic E-state index is 11.0. The number of aromatic carboxylic acids is 1. The molecule has 1 aromatic carbocycles. The summed E-state index contributed by atoms with van der Waals surface area (Å²) in [5.74, 6) is 1.18. The number of carboxylic acids is 1. The van der Waals surface area contributed by atoms with Gasteiger partial charge in [-0.25, -0.2) is 4.79 Å². The molecular formula is C18H25NO4. The molecule has 1 aliphatic carbocycles. The Bertz CT molecular complexity index is 530. The Morgan fingerprint density at radius 3 is 2.96 bits per heavy atom. The van der Waals surface area contributed by atoms with Crippen molar-refractivity contribution in [3.8, 4) is 5.75 Å². The lowest BCUT2D eigenvalue weighted by atomic mass is 9.76. The molecular weight excluding hydrogens is 294 g/mol. The Morgan fingerprint density at radius 1 is 1.35 bits per heavy atom. The van der Waals surface area contributed by atoms with Crippen molar-refractivity contribution in [3.63, 3.8) is 0 Å².